The van der Waals surface area contributed by atoms with Crippen LogP contribution in [0.2, 0.25) is 0 Å². The average molecular weight is 838 g/mol. The lowest BCUT2D eigenvalue weighted by Gasteiger charge is -2.41. The van der Waals surface area contributed by atoms with Crippen molar-refractivity contribution in [3.8, 4) is 0 Å². The van der Waals surface area contributed by atoms with E-state index in [1.807, 2.05) is 89.9 Å². The van der Waals surface area contributed by atoms with E-state index in [2.05, 4.69) is 15.6 Å². The zero-order chi connectivity index (χ0) is 44.8. The Balaban J connectivity index is 1.78. The van der Waals surface area contributed by atoms with Gasteiger partial charge in [-0.25, -0.2) is 9.78 Å². The van der Waals surface area contributed by atoms with E-state index < -0.39 is 60.2 Å². The molecule has 1 saturated heterocycles. The van der Waals surface area contributed by atoms with Crippen molar-refractivity contribution in [3.05, 3.63) is 59.8 Å². The van der Waals surface area contributed by atoms with Crippen LogP contribution in [0.3, 0.4) is 0 Å². The van der Waals surface area contributed by atoms with Crippen LogP contribution in [-0.2, 0) is 46.4 Å². The van der Waals surface area contributed by atoms with Gasteiger partial charge in [0.15, 0.2) is 0 Å². The summed E-state index contributed by atoms with van der Waals surface area (Å²) in [6, 6.07) is 9.24. The number of carboxylic acid groups (broad SMARTS) is 1. The monoisotopic (exact) mass is 838 g/mol. The van der Waals surface area contributed by atoms with E-state index in [4.69, 9.17) is 15.2 Å². The van der Waals surface area contributed by atoms with Crippen LogP contribution in [0.25, 0.3) is 0 Å². The molecule has 15 nitrogen and oxygen atoms in total. The zero-order valence-corrected chi connectivity index (χ0v) is 37.6. The highest BCUT2D eigenvalue weighted by atomic mass is 16.5. The van der Waals surface area contributed by atoms with E-state index in [1.54, 1.807) is 36.0 Å². The summed E-state index contributed by atoms with van der Waals surface area (Å²) in [6.07, 6.45) is 2.31. The van der Waals surface area contributed by atoms with E-state index in [0.29, 0.717) is 38.2 Å². The van der Waals surface area contributed by atoms with Gasteiger partial charge in [0, 0.05) is 47.0 Å². The van der Waals surface area contributed by atoms with Crippen molar-refractivity contribution in [3.63, 3.8) is 0 Å². The molecule has 0 aliphatic carbocycles. The number of rotatable bonds is 23. The predicted molar refractivity (Wildman–Crippen MR) is 231 cm³/mol. The van der Waals surface area contributed by atoms with E-state index in [-0.39, 0.29) is 48.3 Å². The molecule has 15 heteroatoms. The number of nitrogens with one attached hydrogen (secondary N) is 2. The smallest absolute Gasteiger partial charge is 0.326 e. The number of hydrogen-bond acceptors (Lipinski definition) is 10. The van der Waals surface area contributed by atoms with Crippen LogP contribution >= 0.6 is 0 Å². The topological polar surface area (TPSA) is 197 Å². The number of nitrogens with zero attached hydrogens (tertiary/aromatic N) is 4. The van der Waals surface area contributed by atoms with E-state index in [9.17, 15) is 29.1 Å². The van der Waals surface area contributed by atoms with Gasteiger partial charge in [0.25, 0.3) is 0 Å². The molecule has 3 rings (SSSR count). The Morgan fingerprint density at radius 1 is 0.933 bits per heavy atom. The van der Waals surface area contributed by atoms with Crippen molar-refractivity contribution >= 4 is 35.4 Å². The number of carboxylic acids is 1. The van der Waals surface area contributed by atoms with Crippen molar-refractivity contribution in [1.29, 1.82) is 0 Å². The van der Waals surface area contributed by atoms with Crippen LogP contribution < -0.4 is 16.4 Å². The number of nitrogens with two attached hydrogens (primary N) is 1. The van der Waals surface area contributed by atoms with Gasteiger partial charge in [-0.15, -0.1) is 0 Å². The summed E-state index contributed by atoms with van der Waals surface area (Å²) in [7, 11) is 6.61. The number of hydrogen-bond donors (Lipinski definition) is 4. The lowest BCUT2D eigenvalue weighted by atomic mass is 9.89. The highest BCUT2D eigenvalue weighted by Crippen LogP contribution is 2.30. The maximum atomic E-state index is 14.5. The second kappa shape index (κ2) is 23.4. The van der Waals surface area contributed by atoms with Crippen LogP contribution in [0.5, 0.6) is 0 Å². The van der Waals surface area contributed by atoms with Crippen molar-refractivity contribution in [2.24, 2.45) is 23.7 Å². The minimum atomic E-state index is -1.14. The third-order valence-corrected chi connectivity index (χ3v) is 12.0. The predicted octanol–water partition coefficient (Wildman–Crippen LogP) is 3.99. The highest BCUT2D eigenvalue weighted by molar-refractivity contribution is 5.90. The van der Waals surface area contributed by atoms with Gasteiger partial charge in [0.05, 0.1) is 42.7 Å². The number of aliphatic carboxylic acids is 1. The van der Waals surface area contributed by atoms with Crippen LogP contribution in [-0.4, -0.2) is 132 Å². The summed E-state index contributed by atoms with van der Waals surface area (Å²) in [6.45, 7) is 14.4. The molecular formula is C45H71N7O8. The standard InChI is InChI=1S/C45H71N7O8/c1-12-29(6)40(51(9)44(56)38(27(2)3)49-43(55)39(28(4)5)50(8)26-32-20-21-47-36(46)24-32)35(59-10)25-37(53)52-22-16-19-34(52)41(60-11)30(7)42(54)48-33(45(57)58)23-31-17-14-13-15-18-31/h13-15,17-18,20-21,24,27-30,33-35,38-41H,12,16,19,22-23,25-26H2,1-11H3,(H2,46,47)(H,48,54)(H,49,55)(H,57,58)/t29-,30+,33-,34-,35+,38-,39-,40-,41+/m0/s1. The fourth-order valence-electron chi connectivity index (χ4n) is 8.62. The molecule has 1 aromatic heterocycles. The zero-order valence-electron chi connectivity index (χ0n) is 37.6. The molecule has 4 amide bonds. The molecule has 1 fully saturated rings. The number of nitrogen functional groups attached to an aromatic ring is 1. The molecule has 1 aromatic carbocycles. The van der Waals surface area contributed by atoms with Gasteiger partial charge in [-0.2, -0.15) is 0 Å². The van der Waals surface area contributed by atoms with Crippen LogP contribution in [0.1, 0.15) is 85.3 Å². The Labute approximate surface area is 357 Å². The normalized spacial score (nSPS) is 18.3. The van der Waals surface area contributed by atoms with E-state index in [0.717, 1.165) is 11.1 Å². The maximum Gasteiger partial charge on any atom is 0.326 e. The third kappa shape index (κ3) is 13.2. The Morgan fingerprint density at radius 3 is 2.15 bits per heavy atom. The highest BCUT2D eigenvalue weighted by Gasteiger charge is 2.43. The second-order valence-electron chi connectivity index (χ2n) is 17.1. The summed E-state index contributed by atoms with van der Waals surface area (Å²) in [5.41, 5.74) is 7.60. The molecule has 0 bridgehead atoms. The molecule has 1 aliphatic heterocycles. The number of carbonyl (C=O) groups is 5. The van der Waals surface area contributed by atoms with E-state index in [1.165, 1.54) is 14.2 Å². The van der Waals surface area contributed by atoms with Crippen molar-refractivity contribution < 1.29 is 38.6 Å². The molecule has 2 aromatic rings. The lowest BCUT2D eigenvalue weighted by molar-refractivity contribution is -0.148. The number of benzene rings is 1. The molecule has 0 unspecified atom stereocenters. The Hall–Kier alpha value is -4.60. The van der Waals surface area contributed by atoms with Crippen molar-refractivity contribution in [2.45, 2.75) is 130 Å². The maximum absolute atomic E-state index is 14.5. The summed E-state index contributed by atoms with van der Waals surface area (Å²) < 4.78 is 11.9. The van der Waals surface area contributed by atoms with Gasteiger partial charge in [-0.3, -0.25) is 24.1 Å². The minimum Gasteiger partial charge on any atom is -0.480 e. The number of aromatic nitrogens is 1. The molecule has 334 valence electrons. The molecule has 5 N–H and O–H groups in total. The minimum absolute atomic E-state index is 0.0345. The molecular weight excluding hydrogens is 767 g/mol. The lowest BCUT2D eigenvalue weighted by Crippen LogP contribution is -2.60. The largest absolute Gasteiger partial charge is 0.480 e. The fraction of sp³-hybridized carbons (Fsp3) is 0.644. The van der Waals surface area contributed by atoms with Gasteiger partial charge in [-0.1, -0.05) is 85.2 Å². The van der Waals surface area contributed by atoms with Gasteiger partial charge in [-0.05, 0) is 60.9 Å². The number of pyridine rings is 1. The van der Waals surface area contributed by atoms with Crippen LogP contribution in [0, 0.1) is 23.7 Å². The number of amides is 4. The first-order valence-electron chi connectivity index (χ1n) is 21.3. The molecule has 1 aliphatic rings. The second-order valence-corrected chi connectivity index (χ2v) is 17.1. The molecule has 9 atom stereocenters. The SMILES string of the molecule is CC[C@H](C)[C@@H]([C@@H](CC(=O)N1CCC[C@H]1[C@H](OC)[C@@H](C)C(=O)N[C@@H](Cc1ccccc1)C(=O)O)OC)N(C)C(=O)[C@@H](NC(=O)[C@H](C(C)C)N(C)Cc1ccnc(N)c1)C(C)C. The quantitative estimate of drug-likeness (QED) is 0.126. The first kappa shape index (κ1) is 49.8. The summed E-state index contributed by atoms with van der Waals surface area (Å²) >= 11 is 0. The fourth-order valence-corrected chi connectivity index (χ4v) is 8.62. The summed E-state index contributed by atoms with van der Waals surface area (Å²) in [4.78, 5) is 77.9. The van der Waals surface area contributed by atoms with Crippen molar-refractivity contribution in [2.75, 3.05) is 40.6 Å². The van der Waals surface area contributed by atoms with Crippen molar-refractivity contribution in [1.82, 2.24) is 30.3 Å². The molecule has 0 spiro atoms. The number of anilines is 1. The molecule has 0 radical (unpaired) electrons. The van der Waals surface area contributed by atoms with Gasteiger partial charge >= 0.3 is 5.97 Å². The number of likely N-dealkylation sites (N-methyl/N-ethyl adjacent to an activating group) is 2. The molecule has 2 heterocycles. The molecule has 0 saturated carbocycles. The van der Waals surface area contributed by atoms with Crippen LogP contribution in [0.15, 0.2) is 48.7 Å². The Kier molecular flexibility index (Phi) is 19.4. The number of likely N-dealkylation sites (tertiary alicyclic amines) is 1. The van der Waals surface area contributed by atoms with Gasteiger partial charge < -0.3 is 40.7 Å². The average Bonchev–Trinajstić information content (AvgIpc) is 3.69. The number of ether oxygens (including phenoxy) is 2. The van der Waals surface area contributed by atoms with E-state index >= 15 is 0 Å². The third-order valence-electron chi connectivity index (χ3n) is 12.0. The van der Waals surface area contributed by atoms with Gasteiger partial charge in [0.2, 0.25) is 23.6 Å². The number of methoxy groups -OCH3 is 2. The van der Waals surface area contributed by atoms with Gasteiger partial charge in [0.1, 0.15) is 17.9 Å². The summed E-state index contributed by atoms with van der Waals surface area (Å²) in [5, 5.41) is 15.7. The Morgan fingerprint density at radius 2 is 1.60 bits per heavy atom. The Bertz CT molecular complexity index is 1710. The molecule has 60 heavy (non-hydrogen) atoms. The first-order chi connectivity index (χ1) is 28.4. The van der Waals surface area contributed by atoms with Crippen LogP contribution in [0.4, 0.5) is 5.82 Å². The first-order valence-corrected chi connectivity index (χ1v) is 21.3. The summed E-state index contributed by atoms with van der Waals surface area (Å²) in [5.74, 6) is -3.14. The number of carbonyl (C=O) groups excluding carboxylic acids is 4.